The van der Waals surface area contributed by atoms with E-state index in [4.69, 9.17) is 4.84 Å². The summed E-state index contributed by atoms with van der Waals surface area (Å²) < 4.78 is 0.979. The van der Waals surface area contributed by atoms with E-state index in [2.05, 4.69) is 10.5 Å². The van der Waals surface area contributed by atoms with Gasteiger partial charge in [0.2, 0.25) is 0 Å². The van der Waals surface area contributed by atoms with Crippen LogP contribution in [0.25, 0.3) is 10.2 Å². The number of nitrogens with one attached hydrogen (secondary N) is 1. The molecule has 1 N–H and O–H groups in total. The number of nitrogens with zero attached hydrogens (tertiary/aromatic N) is 1. The molecule has 0 bridgehead atoms. The maximum absolute atomic E-state index is 12.1. The van der Waals surface area contributed by atoms with E-state index in [1.165, 1.54) is 11.3 Å². The number of amides is 1. The number of thiazole rings is 1. The van der Waals surface area contributed by atoms with Gasteiger partial charge in [-0.05, 0) is 24.3 Å². The van der Waals surface area contributed by atoms with Crippen LogP contribution < -0.4 is 10.3 Å². The smallest absolute Gasteiger partial charge is 0.286 e. The van der Waals surface area contributed by atoms with Gasteiger partial charge in [0, 0.05) is 0 Å². The van der Waals surface area contributed by atoms with Crippen LogP contribution in [0.3, 0.4) is 0 Å². The lowest BCUT2D eigenvalue weighted by Crippen LogP contribution is -2.27. The third-order valence-electron chi connectivity index (χ3n) is 2.61. The van der Waals surface area contributed by atoms with Gasteiger partial charge in [-0.2, -0.15) is 5.48 Å². The molecule has 0 saturated heterocycles. The SMILES string of the molecule is O=C(NOc1ccccc1)c1cccc2scnc12. The molecule has 1 aromatic heterocycles. The molecule has 0 spiro atoms. The van der Waals surface area contributed by atoms with Crippen LogP contribution in [-0.4, -0.2) is 10.9 Å². The molecule has 5 heteroatoms. The quantitative estimate of drug-likeness (QED) is 0.744. The highest BCUT2D eigenvalue weighted by atomic mass is 32.1. The largest absolute Gasteiger partial charge is 0.379 e. The molecule has 0 atom stereocenters. The molecule has 0 unspecified atom stereocenters. The van der Waals surface area contributed by atoms with Crippen molar-refractivity contribution in [2.45, 2.75) is 0 Å². The molecule has 3 rings (SSSR count). The van der Waals surface area contributed by atoms with Gasteiger partial charge in [0.1, 0.15) is 0 Å². The predicted octanol–water partition coefficient (Wildman–Crippen LogP) is 3.02. The summed E-state index contributed by atoms with van der Waals surface area (Å²) in [6, 6.07) is 14.6. The minimum Gasteiger partial charge on any atom is -0.379 e. The van der Waals surface area contributed by atoms with Gasteiger partial charge in [0.15, 0.2) is 5.75 Å². The molecule has 4 nitrogen and oxygen atoms in total. The first-order chi connectivity index (χ1) is 9.34. The zero-order valence-electron chi connectivity index (χ0n) is 9.87. The van der Waals surface area contributed by atoms with Gasteiger partial charge >= 0.3 is 0 Å². The average Bonchev–Trinajstić information content (AvgIpc) is 2.94. The molecule has 2 aromatic carbocycles. The second-order valence-electron chi connectivity index (χ2n) is 3.85. The molecule has 0 saturated carbocycles. The Morgan fingerprint density at radius 2 is 1.95 bits per heavy atom. The number of rotatable bonds is 3. The van der Waals surface area contributed by atoms with Crippen molar-refractivity contribution in [3.8, 4) is 5.75 Å². The summed E-state index contributed by atoms with van der Waals surface area (Å²) in [4.78, 5) is 21.5. The summed E-state index contributed by atoms with van der Waals surface area (Å²) in [6.07, 6.45) is 0. The number of fused-ring (bicyclic) bond motifs is 1. The highest BCUT2D eigenvalue weighted by molar-refractivity contribution is 7.16. The van der Waals surface area contributed by atoms with E-state index in [-0.39, 0.29) is 5.91 Å². The number of aromatic nitrogens is 1. The fourth-order valence-electron chi connectivity index (χ4n) is 1.72. The third-order valence-corrected chi connectivity index (χ3v) is 3.40. The van der Waals surface area contributed by atoms with Gasteiger partial charge in [-0.15, -0.1) is 11.3 Å². The molecule has 1 amide bonds. The van der Waals surface area contributed by atoms with Gasteiger partial charge in [-0.3, -0.25) is 4.79 Å². The van der Waals surface area contributed by atoms with E-state index in [1.54, 1.807) is 23.7 Å². The molecule has 94 valence electrons. The van der Waals surface area contributed by atoms with Crippen molar-refractivity contribution in [2.24, 2.45) is 0 Å². The second kappa shape index (κ2) is 5.07. The summed E-state index contributed by atoms with van der Waals surface area (Å²) in [5.74, 6) is 0.279. The van der Waals surface area contributed by atoms with E-state index in [9.17, 15) is 4.79 Å². The van der Waals surface area contributed by atoms with Crippen LogP contribution in [0.2, 0.25) is 0 Å². The number of hydroxylamine groups is 1. The first-order valence-corrected chi connectivity index (χ1v) is 6.57. The van der Waals surface area contributed by atoms with Crippen LogP contribution in [0.5, 0.6) is 5.75 Å². The van der Waals surface area contributed by atoms with Crippen LogP contribution in [0.4, 0.5) is 0 Å². The van der Waals surface area contributed by atoms with Crippen molar-refractivity contribution in [1.29, 1.82) is 0 Å². The normalized spacial score (nSPS) is 10.3. The Kier molecular flexibility index (Phi) is 3.12. The van der Waals surface area contributed by atoms with E-state index in [0.29, 0.717) is 16.8 Å². The summed E-state index contributed by atoms with van der Waals surface area (Å²) in [7, 11) is 0. The van der Waals surface area contributed by atoms with Gasteiger partial charge in [0.05, 0.1) is 21.3 Å². The van der Waals surface area contributed by atoms with E-state index in [0.717, 1.165) is 4.70 Å². The highest BCUT2D eigenvalue weighted by Crippen LogP contribution is 2.21. The fourth-order valence-corrected chi connectivity index (χ4v) is 2.42. The summed E-state index contributed by atoms with van der Waals surface area (Å²) in [5, 5.41) is 0. The lowest BCUT2D eigenvalue weighted by molar-refractivity contribution is 0.0761. The number of carbonyl (C=O) groups is 1. The molecule has 3 aromatic rings. The van der Waals surface area contributed by atoms with Crippen molar-refractivity contribution in [2.75, 3.05) is 0 Å². The van der Waals surface area contributed by atoms with Crippen molar-refractivity contribution < 1.29 is 9.63 Å². The van der Waals surface area contributed by atoms with Crippen molar-refractivity contribution in [1.82, 2.24) is 10.5 Å². The molecular weight excluding hydrogens is 260 g/mol. The summed E-state index contributed by atoms with van der Waals surface area (Å²) >= 11 is 1.50. The van der Waals surface area contributed by atoms with Crippen LogP contribution in [0, 0.1) is 0 Å². The first-order valence-electron chi connectivity index (χ1n) is 5.69. The van der Waals surface area contributed by atoms with Crippen LogP contribution in [0.15, 0.2) is 54.0 Å². The van der Waals surface area contributed by atoms with E-state index < -0.39 is 0 Å². The molecule has 0 aliphatic carbocycles. The second-order valence-corrected chi connectivity index (χ2v) is 4.74. The van der Waals surface area contributed by atoms with Crippen molar-refractivity contribution in [3.63, 3.8) is 0 Å². The maximum atomic E-state index is 12.1. The average molecular weight is 270 g/mol. The highest BCUT2D eigenvalue weighted by Gasteiger charge is 2.12. The van der Waals surface area contributed by atoms with Crippen LogP contribution in [-0.2, 0) is 0 Å². The molecule has 1 heterocycles. The first kappa shape index (κ1) is 11.7. The standard InChI is InChI=1S/C14H10N2O2S/c17-14(16-18-10-5-2-1-3-6-10)11-7-4-8-12-13(11)15-9-19-12/h1-9H,(H,16,17). The van der Waals surface area contributed by atoms with Gasteiger partial charge in [-0.25, -0.2) is 4.98 Å². The molecule has 0 aliphatic rings. The minimum atomic E-state index is -0.305. The Hall–Kier alpha value is -2.40. The molecular formula is C14H10N2O2S. The molecule has 19 heavy (non-hydrogen) atoms. The van der Waals surface area contributed by atoms with Crippen LogP contribution >= 0.6 is 11.3 Å². The van der Waals surface area contributed by atoms with E-state index >= 15 is 0 Å². The zero-order valence-corrected chi connectivity index (χ0v) is 10.7. The number of hydrogen-bond donors (Lipinski definition) is 1. The maximum Gasteiger partial charge on any atom is 0.286 e. The summed E-state index contributed by atoms with van der Waals surface area (Å²) in [6.45, 7) is 0. The number of para-hydroxylation sites is 2. The number of benzene rings is 2. The summed E-state index contributed by atoms with van der Waals surface area (Å²) in [5.41, 5.74) is 5.35. The Morgan fingerprint density at radius 1 is 1.11 bits per heavy atom. The number of carbonyl (C=O) groups excluding carboxylic acids is 1. The molecule has 0 aliphatic heterocycles. The monoisotopic (exact) mass is 270 g/mol. The molecule has 0 radical (unpaired) electrons. The Labute approximate surface area is 113 Å². The van der Waals surface area contributed by atoms with Gasteiger partial charge < -0.3 is 4.84 Å². The zero-order chi connectivity index (χ0) is 13.1. The van der Waals surface area contributed by atoms with Crippen molar-refractivity contribution >= 4 is 27.5 Å². The van der Waals surface area contributed by atoms with Gasteiger partial charge in [-0.1, -0.05) is 24.3 Å². The topological polar surface area (TPSA) is 51.2 Å². The minimum absolute atomic E-state index is 0.305. The Balaban J connectivity index is 1.79. The Bertz CT molecular complexity index is 710. The van der Waals surface area contributed by atoms with Gasteiger partial charge in [0.25, 0.3) is 5.91 Å². The van der Waals surface area contributed by atoms with Crippen molar-refractivity contribution in [3.05, 3.63) is 59.6 Å². The Morgan fingerprint density at radius 3 is 2.79 bits per heavy atom. The molecule has 0 fully saturated rings. The lowest BCUT2D eigenvalue weighted by Gasteiger charge is -2.07. The lowest BCUT2D eigenvalue weighted by atomic mass is 10.2. The predicted molar refractivity (Wildman–Crippen MR) is 74.2 cm³/mol. The van der Waals surface area contributed by atoms with E-state index in [1.807, 2.05) is 30.3 Å². The third kappa shape index (κ3) is 2.41. The number of hydrogen-bond acceptors (Lipinski definition) is 4. The fraction of sp³-hybridized carbons (Fsp3) is 0. The van der Waals surface area contributed by atoms with Crippen LogP contribution in [0.1, 0.15) is 10.4 Å².